The Morgan fingerprint density at radius 2 is 1.67 bits per heavy atom. The van der Waals surface area contributed by atoms with Gasteiger partial charge in [0.2, 0.25) is 0 Å². The van der Waals surface area contributed by atoms with Gasteiger partial charge < -0.3 is 18.6 Å². The van der Waals surface area contributed by atoms with E-state index in [1.54, 1.807) is 0 Å². The Hall–Kier alpha value is -4.78. The molecule has 5 aromatic rings. The molecule has 0 saturated carbocycles. The van der Waals surface area contributed by atoms with Crippen molar-refractivity contribution in [2.75, 3.05) is 13.6 Å². The van der Waals surface area contributed by atoms with Crippen molar-refractivity contribution >= 4 is 35.6 Å². The number of nitrogens with zero attached hydrogens (tertiary/aromatic N) is 3. The smallest absolute Gasteiger partial charge is 0.387 e. The zero-order valence-electron chi connectivity index (χ0n) is 30.8. The van der Waals surface area contributed by atoms with E-state index in [2.05, 4.69) is 81.1 Å². The number of fused-ring (bicyclic) bond motifs is 9. The second kappa shape index (κ2) is 12.6. The number of aromatic nitrogens is 2. The Balaban J connectivity index is 1.25. The normalized spacial score (nSPS) is 18.9. The standard InChI is InChI=1S/C40H39F2N3O3Si/c1-26(25-47-49(40(2,3)4,28-13-8-6-9-14-28)29-15-10-7-11-16-29)19-20-27-21-22-31-32(23-27)45-33-24-34(37(45)43-31)44(5)38(46)30-17-12-18-35(36(30)33)48-39(41)42/h6-18,21-23,26,33-34,39H,24-25H2,1-5H3/t26-,33+,34+/m0/s1/i5D3. The molecule has 2 bridgehead atoms. The number of hydrogen-bond donors (Lipinski definition) is 0. The van der Waals surface area contributed by atoms with Crippen molar-refractivity contribution in [3.8, 4) is 17.6 Å². The Labute approximate surface area is 291 Å². The maximum atomic E-state index is 13.7. The van der Waals surface area contributed by atoms with Gasteiger partial charge in [0.15, 0.2) is 0 Å². The number of rotatable bonds is 7. The average Bonchev–Trinajstić information content (AvgIpc) is 3.60. The number of carbonyl (C=O) groups is 1. The van der Waals surface area contributed by atoms with Gasteiger partial charge in [0, 0.05) is 46.7 Å². The highest BCUT2D eigenvalue weighted by molar-refractivity contribution is 6.99. The van der Waals surface area contributed by atoms with Crippen molar-refractivity contribution < 1.29 is 26.9 Å². The molecular formula is C40H39F2N3O3Si. The number of alkyl halides is 2. The number of hydrogen-bond acceptors (Lipinski definition) is 4. The van der Waals surface area contributed by atoms with Gasteiger partial charge >= 0.3 is 6.61 Å². The molecule has 0 unspecified atom stereocenters. The van der Waals surface area contributed by atoms with Crippen LogP contribution in [-0.4, -0.2) is 48.9 Å². The molecule has 0 saturated heterocycles. The Morgan fingerprint density at radius 1 is 0.980 bits per heavy atom. The quantitative estimate of drug-likeness (QED) is 0.134. The summed E-state index contributed by atoms with van der Waals surface area (Å²) < 4.78 is 65.8. The van der Waals surface area contributed by atoms with Crippen molar-refractivity contribution in [1.29, 1.82) is 0 Å². The summed E-state index contributed by atoms with van der Waals surface area (Å²) in [5.74, 6) is 5.98. The van der Waals surface area contributed by atoms with Crippen LogP contribution in [0.4, 0.5) is 8.78 Å². The molecule has 2 aliphatic heterocycles. The summed E-state index contributed by atoms with van der Waals surface area (Å²) in [5.41, 5.74) is 2.16. The molecule has 3 heterocycles. The summed E-state index contributed by atoms with van der Waals surface area (Å²) in [6.07, 6.45) is 0.144. The molecule has 3 atom stereocenters. The minimum Gasteiger partial charge on any atom is -0.434 e. The Bertz CT molecular complexity index is 2150. The van der Waals surface area contributed by atoms with E-state index < -0.39 is 39.9 Å². The zero-order valence-corrected chi connectivity index (χ0v) is 28.8. The lowest BCUT2D eigenvalue weighted by atomic mass is 9.97. The van der Waals surface area contributed by atoms with E-state index in [9.17, 15) is 13.6 Å². The summed E-state index contributed by atoms with van der Waals surface area (Å²) in [7, 11) is -2.75. The number of ether oxygens (including phenoxy) is 1. The molecule has 0 N–H and O–H groups in total. The molecule has 0 spiro atoms. The molecule has 1 aromatic heterocycles. The van der Waals surface area contributed by atoms with Crippen LogP contribution in [0.2, 0.25) is 5.04 Å². The van der Waals surface area contributed by atoms with E-state index in [0.29, 0.717) is 29.0 Å². The van der Waals surface area contributed by atoms with Crippen LogP contribution >= 0.6 is 0 Å². The lowest BCUT2D eigenvalue weighted by Gasteiger charge is -2.43. The minimum absolute atomic E-state index is 0.0138. The van der Waals surface area contributed by atoms with Gasteiger partial charge in [-0.25, -0.2) is 4.98 Å². The van der Waals surface area contributed by atoms with Crippen LogP contribution in [0.1, 0.15) is 77.6 Å². The fourth-order valence-electron chi connectivity index (χ4n) is 7.45. The van der Waals surface area contributed by atoms with E-state index in [4.69, 9.17) is 18.3 Å². The third-order valence-electron chi connectivity index (χ3n) is 9.58. The molecule has 4 aromatic carbocycles. The first-order chi connectivity index (χ1) is 24.7. The first-order valence-corrected chi connectivity index (χ1v) is 18.3. The van der Waals surface area contributed by atoms with E-state index in [0.717, 1.165) is 4.90 Å². The molecule has 9 heteroatoms. The largest absolute Gasteiger partial charge is 0.434 e. The van der Waals surface area contributed by atoms with Crippen molar-refractivity contribution in [3.63, 3.8) is 0 Å². The van der Waals surface area contributed by atoms with Gasteiger partial charge in [-0.15, -0.1) is 0 Å². The molecule has 0 aliphatic carbocycles. The minimum atomic E-state index is -3.13. The summed E-state index contributed by atoms with van der Waals surface area (Å²) in [5, 5.41) is 2.21. The molecule has 1 amide bonds. The summed E-state index contributed by atoms with van der Waals surface area (Å²) in [4.78, 5) is 19.4. The first-order valence-electron chi connectivity index (χ1n) is 17.9. The maximum absolute atomic E-state index is 13.7. The molecular weight excluding hydrogens is 637 g/mol. The maximum Gasteiger partial charge on any atom is 0.387 e. The third kappa shape index (κ3) is 5.63. The van der Waals surface area contributed by atoms with Gasteiger partial charge in [-0.1, -0.05) is 99.3 Å². The number of imidazole rings is 1. The molecule has 2 aliphatic rings. The van der Waals surface area contributed by atoms with Gasteiger partial charge in [-0.3, -0.25) is 4.79 Å². The molecule has 6 nitrogen and oxygen atoms in total. The summed E-state index contributed by atoms with van der Waals surface area (Å²) in [6, 6.07) is 29.1. The van der Waals surface area contributed by atoms with Crippen molar-refractivity contribution in [2.45, 2.75) is 57.8 Å². The van der Waals surface area contributed by atoms with Crippen LogP contribution in [-0.2, 0) is 4.43 Å². The van der Waals surface area contributed by atoms with Crippen LogP contribution < -0.4 is 15.1 Å². The van der Waals surface area contributed by atoms with Crippen molar-refractivity contribution in [2.24, 2.45) is 5.92 Å². The number of amides is 1. The van der Waals surface area contributed by atoms with Crippen LogP contribution in [0, 0.1) is 17.8 Å². The van der Waals surface area contributed by atoms with E-state index in [-0.39, 0.29) is 34.3 Å². The van der Waals surface area contributed by atoms with E-state index in [1.165, 1.54) is 28.6 Å². The van der Waals surface area contributed by atoms with Crippen molar-refractivity contribution in [3.05, 3.63) is 120 Å². The monoisotopic (exact) mass is 678 g/mol. The SMILES string of the molecule is [2H]C([2H])([2H])N1C(=O)c2cccc(OC(F)F)c2[C@H]2C[C@@H]1c1nc3ccc(C#C[C@H](C)CO[Si](c4ccccc4)(c4ccccc4)C(C)(C)C)cc3n12. The fraction of sp³-hybridized carbons (Fsp3) is 0.300. The Morgan fingerprint density at radius 3 is 2.31 bits per heavy atom. The highest BCUT2D eigenvalue weighted by Gasteiger charge is 2.50. The van der Waals surface area contributed by atoms with Gasteiger partial charge in [0.1, 0.15) is 11.6 Å². The second-order valence-electron chi connectivity index (χ2n) is 13.7. The Kier molecular flexibility index (Phi) is 7.49. The average molecular weight is 679 g/mol. The summed E-state index contributed by atoms with van der Waals surface area (Å²) >= 11 is 0. The molecule has 0 fully saturated rings. The molecule has 0 radical (unpaired) electrons. The van der Waals surface area contributed by atoms with Gasteiger partial charge in [-0.2, -0.15) is 8.78 Å². The number of benzene rings is 4. The molecule has 7 rings (SSSR count). The van der Waals surface area contributed by atoms with Gasteiger partial charge in [-0.05, 0) is 52.7 Å². The lowest BCUT2D eigenvalue weighted by molar-refractivity contribution is -0.0507. The number of halogens is 2. The van der Waals surface area contributed by atoms with Crippen LogP contribution in [0.5, 0.6) is 5.75 Å². The van der Waals surface area contributed by atoms with Gasteiger partial charge in [0.25, 0.3) is 14.2 Å². The molecule has 49 heavy (non-hydrogen) atoms. The zero-order chi connectivity index (χ0) is 37.0. The van der Waals surface area contributed by atoms with E-state index >= 15 is 0 Å². The van der Waals surface area contributed by atoms with Gasteiger partial charge in [0.05, 0.1) is 23.1 Å². The van der Waals surface area contributed by atoms with E-state index in [1.807, 2.05) is 41.8 Å². The van der Waals surface area contributed by atoms with Crippen LogP contribution in [0.15, 0.2) is 97.1 Å². The third-order valence-corrected chi connectivity index (χ3v) is 14.6. The van der Waals surface area contributed by atoms with Crippen LogP contribution in [0.25, 0.3) is 11.0 Å². The summed E-state index contributed by atoms with van der Waals surface area (Å²) in [6.45, 7) is 3.22. The fourth-order valence-corrected chi connectivity index (χ4v) is 12.1. The molecule has 250 valence electrons. The lowest BCUT2D eigenvalue weighted by Crippen LogP contribution is -2.66. The number of carbonyl (C=O) groups excluding carboxylic acids is 1. The highest BCUT2D eigenvalue weighted by atomic mass is 28.4. The predicted molar refractivity (Wildman–Crippen MR) is 190 cm³/mol. The first kappa shape index (κ1) is 29.2. The van der Waals surface area contributed by atoms with Crippen molar-refractivity contribution in [1.82, 2.24) is 14.5 Å². The predicted octanol–water partition coefficient (Wildman–Crippen LogP) is 7.32. The highest BCUT2D eigenvalue weighted by Crippen LogP contribution is 2.50. The second-order valence-corrected chi connectivity index (χ2v) is 18.0. The topological polar surface area (TPSA) is 56.6 Å². The van der Waals surface area contributed by atoms with Crippen LogP contribution in [0.3, 0.4) is 0 Å².